The van der Waals surface area contributed by atoms with Crippen molar-refractivity contribution in [1.29, 1.82) is 0 Å². The Morgan fingerprint density at radius 1 is 1.30 bits per heavy atom. The summed E-state index contributed by atoms with van der Waals surface area (Å²) in [4.78, 5) is 36.6. The number of aromatic nitrogens is 1. The highest BCUT2D eigenvalue weighted by Gasteiger charge is 2.12. The fraction of sp³-hybridized carbons (Fsp3) is 0.333. The summed E-state index contributed by atoms with van der Waals surface area (Å²) < 4.78 is 0. The number of thioether (sulfide) groups is 1. The van der Waals surface area contributed by atoms with Crippen LogP contribution in [-0.4, -0.2) is 45.3 Å². The molecule has 1 aromatic heterocycles. The molecule has 7 nitrogen and oxygen atoms in total. The highest BCUT2D eigenvalue weighted by atomic mass is 32.2. The van der Waals surface area contributed by atoms with Crippen LogP contribution in [0.25, 0.3) is 0 Å². The fourth-order valence-electron chi connectivity index (χ4n) is 1.32. The maximum Gasteiger partial charge on any atom is 0.338 e. The minimum absolute atomic E-state index is 0.00315. The number of aromatic carboxylic acids is 1. The maximum absolute atomic E-state index is 11.5. The average molecular weight is 298 g/mol. The van der Waals surface area contributed by atoms with Gasteiger partial charge in [0.15, 0.2) is 0 Å². The number of hydrogen-bond acceptors (Lipinski definition) is 5. The Bertz CT molecular complexity index is 506. The molecule has 20 heavy (non-hydrogen) atoms. The van der Waals surface area contributed by atoms with Gasteiger partial charge >= 0.3 is 11.9 Å². The van der Waals surface area contributed by atoms with Crippen LogP contribution in [0.2, 0.25) is 0 Å². The van der Waals surface area contributed by atoms with E-state index in [1.54, 1.807) is 0 Å². The van der Waals surface area contributed by atoms with Crippen LogP contribution in [0.4, 0.5) is 0 Å². The fourth-order valence-corrected chi connectivity index (χ4v) is 2.14. The smallest absolute Gasteiger partial charge is 0.338 e. The van der Waals surface area contributed by atoms with Crippen molar-refractivity contribution in [3.05, 3.63) is 23.9 Å². The zero-order chi connectivity index (χ0) is 15.0. The van der Waals surface area contributed by atoms with E-state index in [1.165, 1.54) is 18.3 Å². The second-order valence-corrected chi connectivity index (χ2v) is 4.76. The van der Waals surface area contributed by atoms with E-state index >= 15 is 0 Å². The molecule has 1 heterocycles. The third kappa shape index (κ3) is 5.70. The van der Waals surface area contributed by atoms with Crippen molar-refractivity contribution >= 4 is 29.6 Å². The molecular formula is C12H14N2O5S. The van der Waals surface area contributed by atoms with Crippen molar-refractivity contribution in [3.63, 3.8) is 0 Å². The van der Waals surface area contributed by atoms with Crippen LogP contribution in [0.3, 0.4) is 0 Å². The van der Waals surface area contributed by atoms with Gasteiger partial charge in [-0.1, -0.05) is 11.8 Å². The molecule has 1 amide bonds. The molecule has 8 heteroatoms. The van der Waals surface area contributed by atoms with E-state index in [2.05, 4.69) is 10.3 Å². The average Bonchev–Trinajstić information content (AvgIpc) is 2.41. The molecule has 1 aromatic rings. The van der Waals surface area contributed by atoms with Crippen molar-refractivity contribution in [3.8, 4) is 0 Å². The first-order chi connectivity index (χ1) is 9.50. The number of carbonyl (C=O) groups is 3. The Morgan fingerprint density at radius 2 is 2.05 bits per heavy atom. The van der Waals surface area contributed by atoms with E-state index in [9.17, 15) is 14.4 Å². The van der Waals surface area contributed by atoms with Gasteiger partial charge in [-0.15, -0.1) is 0 Å². The van der Waals surface area contributed by atoms with Crippen molar-refractivity contribution in [1.82, 2.24) is 10.3 Å². The first kappa shape index (κ1) is 16.0. The summed E-state index contributed by atoms with van der Waals surface area (Å²) in [6.07, 6.45) is 1.81. The first-order valence-electron chi connectivity index (χ1n) is 5.80. The van der Waals surface area contributed by atoms with Gasteiger partial charge in [0.2, 0.25) is 5.91 Å². The molecule has 0 radical (unpaired) electrons. The molecule has 108 valence electrons. The van der Waals surface area contributed by atoms with Crippen LogP contribution < -0.4 is 5.32 Å². The lowest BCUT2D eigenvalue weighted by atomic mass is 10.3. The van der Waals surface area contributed by atoms with Crippen LogP contribution >= 0.6 is 11.8 Å². The van der Waals surface area contributed by atoms with Gasteiger partial charge in [0, 0.05) is 19.2 Å². The second-order valence-electron chi connectivity index (χ2n) is 3.80. The molecule has 0 unspecified atom stereocenters. The van der Waals surface area contributed by atoms with Gasteiger partial charge in [0.1, 0.15) is 5.03 Å². The Morgan fingerprint density at radius 3 is 2.70 bits per heavy atom. The molecule has 0 aliphatic carbocycles. The quantitative estimate of drug-likeness (QED) is 0.481. The standard InChI is InChI=1S/C12H14N2O5S/c15-9(13-5-2-4-10(16)17)7-20-11-8(12(18)19)3-1-6-14-11/h1,3,6H,2,4-5,7H2,(H,13,15)(H,16,17)(H,18,19). The van der Waals surface area contributed by atoms with E-state index in [0.717, 1.165) is 11.8 Å². The largest absolute Gasteiger partial charge is 0.481 e. The summed E-state index contributed by atoms with van der Waals surface area (Å²) in [6.45, 7) is 0.277. The predicted molar refractivity (Wildman–Crippen MR) is 71.8 cm³/mol. The minimum atomic E-state index is -1.09. The highest BCUT2D eigenvalue weighted by Crippen LogP contribution is 2.19. The number of pyridine rings is 1. The summed E-state index contributed by atoms with van der Waals surface area (Å²) in [6, 6.07) is 2.93. The number of carboxylic acids is 2. The molecule has 3 N–H and O–H groups in total. The number of rotatable bonds is 8. The molecule has 0 aliphatic heterocycles. The highest BCUT2D eigenvalue weighted by molar-refractivity contribution is 8.00. The van der Waals surface area contributed by atoms with Crippen molar-refractivity contribution in [2.45, 2.75) is 17.9 Å². The van der Waals surface area contributed by atoms with Crippen LogP contribution in [0.1, 0.15) is 23.2 Å². The zero-order valence-electron chi connectivity index (χ0n) is 10.5. The number of carboxylic acid groups (broad SMARTS) is 2. The summed E-state index contributed by atoms with van der Waals surface area (Å²) in [5, 5.41) is 20.2. The van der Waals surface area contributed by atoms with E-state index in [4.69, 9.17) is 10.2 Å². The van der Waals surface area contributed by atoms with Gasteiger partial charge in [0.05, 0.1) is 11.3 Å². The molecule has 0 spiro atoms. The Hall–Kier alpha value is -2.09. The summed E-state index contributed by atoms with van der Waals surface area (Å²) in [5.41, 5.74) is 0.0520. The van der Waals surface area contributed by atoms with Gasteiger partial charge < -0.3 is 15.5 Å². The van der Waals surface area contributed by atoms with Crippen LogP contribution in [0, 0.1) is 0 Å². The predicted octanol–water partition coefficient (Wildman–Crippen LogP) is 0.853. The number of nitrogens with one attached hydrogen (secondary N) is 1. The topological polar surface area (TPSA) is 117 Å². The molecular weight excluding hydrogens is 284 g/mol. The summed E-state index contributed by atoms with van der Waals surface area (Å²) in [5.74, 6) is -2.26. The molecule has 0 aliphatic rings. The zero-order valence-corrected chi connectivity index (χ0v) is 11.4. The number of amides is 1. The number of hydrogen-bond donors (Lipinski definition) is 3. The Balaban J connectivity index is 2.38. The molecule has 0 saturated carbocycles. The van der Waals surface area contributed by atoms with Gasteiger partial charge in [-0.2, -0.15) is 0 Å². The number of nitrogens with zero attached hydrogens (tertiary/aromatic N) is 1. The maximum atomic E-state index is 11.5. The van der Waals surface area contributed by atoms with E-state index in [0.29, 0.717) is 6.42 Å². The Labute approximate surface area is 119 Å². The SMILES string of the molecule is O=C(O)CCCNC(=O)CSc1ncccc1C(=O)O. The third-order valence-electron chi connectivity index (χ3n) is 2.23. The molecule has 0 saturated heterocycles. The Kier molecular flexibility index (Phi) is 6.51. The lowest BCUT2D eigenvalue weighted by Gasteiger charge is -2.05. The lowest BCUT2D eigenvalue weighted by Crippen LogP contribution is -2.26. The normalized spacial score (nSPS) is 10.0. The van der Waals surface area contributed by atoms with Crippen molar-refractivity contribution in [2.24, 2.45) is 0 Å². The number of aliphatic carboxylic acids is 1. The monoisotopic (exact) mass is 298 g/mol. The minimum Gasteiger partial charge on any atom is -0.481 e. The molecule has 1 rings (SSSR count). The van der Waals surface area contributed by atoms with Gasteiger partial charge in [0.25, 0.3) is 0 Å². The molecule has 0 aromatic carbocycles. The van der Waals surface area contributed by atoms with Crippen molar-refractivity contribution in [2.75, 3.05) is 12.3 Å². The van der Waals surface area contributed by atoms with E-state index < -0.39 is 11.9 Å². The van der Waals surface area contributed by atoms with Crippen LogP contribution in [0.5, 0.6) is 0 Å². The third-order valence-corrected chi connectivity index (χ3v) is 3.24. The van der Waals surface area contributed by atoms with E-state index in [1.807, 2.05) is 0 Å². The molecule has 0 bridgehead atoms. The summed E-state index contributed by atoms with van der Waals surface area (Å²) >= 11 is 1.03. The van der Waals surface area contributed by atoms with Gasteiger partial charge in [-0.25, -0.2) is 9.78 Å². The lowest BCUT2D eigenvalue weighted by molar-refractivity contribution is -0.137. The van der Waals surface area contributed by atoms with E-state index in [-0.39, 0.29) is 35.2 Å². The molecule has 0 fully saturated rings. The number of carbonyl (C=O) groups excluding carboxylic acids is 1. The first-order valence-corrected chi connectivity index (χ1v) is 6.79. The summed E-state index contributed by atoms with van der Waals surface area (Å²) in [7, 11) is 0. The van der Waals surface area contributed by atoms with Crippen LogP contribution in [-0.2, 0) is 9.59 Å². The van der Waals surface area contributed by atoms with Gasteiger partial charge in [-0.05, 0) is 18.6 Å². The molecule has 0 atom stereocenters. The van der Waals surface area contributed by atoms with Crippen molar-refractivity contribution < 1.29 is 24.6 Å². The van der Waals surface area contributed by atoms with Gasteiger partial charge in [-0.3, -0.25) is 9.59 Å². The second kappa shape index (κ2) is 8.16. The van der Waals surface area contributed by atoms with Crippen LogP contribution in [0.15, 0.2) is 23.4 Å².